The van der Waals surface area contributed by atoms with E-state index in [0.29, 0.717) is 0 Å². The Morgan fingerprint density at radius 1 is 1.27 bits per heavy atom. The summed E-state index contributed by atoms with van der Waals surface area (Å²) in [6.07, 6.45) is 1.22. The van der Waals surface area contributed by atoms with E-state index in [0.717, 1.165) is 0 Å². The number of rotatable bonds is 0. The average Bonchev–Trinajstić information content (AvgIpc) is 1.86. The largest absolute Gasteiger partial charge is 0.370 e. The van der Waals surface area contributed by atoms with Crippen LogP contribution in [0, 0.1) is 5.41 Å². The lowest BCUT2D eigenvalue weighted by atomic mass is 9.94. The fraction of sp³-hybridized carbons (Fsp3) is 0.125. The van der Waals surface area contributed by atoms with Crippen LogP contribution >= 0.6 is 0 Å². The Bertz CT molecular complexity index is 239. The fourth-order valence-corrected chi connectivity index (χ4v) is 0.954. The van der Waals surface area contributed by atoms with Crippen molar-refractivity contribution in [1.82, 2.24) is 0 Å². The first-order valence-electron chi connectivity index (χ1n) is 3.36. The van der Waals surface area contributed by atoms with E-state index in [2.05, 4.69) is 35.7 Å². The molecule has 0 heterocycles. The number of benzene rings is 1. The van der Waals surface area contributed by atoms with Crippen molar-refractivity contribution in [3.05, 3.63) is 35.4 Å². The summed E-state index contributed by atoms with van der Waals surface area (Å²) in [5.41, 5.74) is 11.9. The van der Waals surface area contributed by atoms with Crippen molar-refractivity contribution in [2.24, 2.45) is 11.5 Å². The van der Waals surface area contributed by atoms with Crippen LogP contribution < -0.4 is 11.5 Å². The van der Waals surface area contributed by atoms with Crippen LogP contribution in [-0.4, -0.2) is 5.96 Å². The van der Waals surface area contributed by atoms with Gasteiger partial charge in [0.2, 0.25) is 0 Å². The molecule has 1 aromatic carbocycles. The van der Waals surface area contributed by atoms with Crippen molar-refractivity contribution in [3.63, 3.8) is 0 Å². The molecule has 0 saturated heterocycles. The maximum atomic E-state index is 6.06. The van der Waals surface area contributed by atoms with Gasteiger partial charge in [-0.2, -0.15) is 0 Å². The van der Waals surface area contributed by atoms with E-state index in [1.807, 2.05) is 0 Å². The van der Waals surface area contributed by atoms with Crippen LogP contribution in [-0.2, 0) is 6.42 Å². The van der Waals surface area contributed by atoms with Gasteiger partial charge in [0.1, 0.15) is 0 Å². The summed E-state index contributed by atoms with van der Waals surface area (Å²) in [6.45, 7) is 0. The van der Waals surface area contributed by atoms with Crippen molar-refractivity contribution in [1.29, 1.82) is 5.41 Å². The van der Waals surface area contributed by atoms with E-state index in [1.54, 1.807) is 0 Å². The smallest absolute Gasteiger partial charge is 0.183 e. The molecule has 0 atom stereocenters. The van der Waals surface area contributed by atoms with Crippen LogP contribution in [0.15, 0.2) is 24.3 Å². The molecule has 0 fully saturated rings. The van der Waals surface area contributed by atoms with Gasteiger partial charge in [0.05, 0.1) is 0 Å². The Kier molecular flexibility index (Phi) is 2.11. The first-order valence-corrected chi connectivity index (χ1v) is 3.36. The second kappa shape index (κ2) is 3.05. The van der Waals surface area contributed by atoms with Crippen LogP contribution in [0.25, 0.3) is 0 Å². The minimum Gasteiger partial charge on any atom is -0.370 e. The first-order chi connectivity index (χ1) is 5.18. The molecule has 0 aliphatic heterocycles. The minimum absolute atomic E-state index is 0.333. The molecule has 3 heteroatoms. The van der Waals surface area contributed by atoms with E-state index >= 15 is 0 Å². The Labute approximate surface area is 65.5 Å². The number of nitrogens with one attached hydrogen (secondary N) is 1. The highest BCUT2D eigenvalue weighted by Crippen LogP contribution is 2.18. The first kappa shape index (κ1) is 7.60. The van der Waals surface area contributed by atoms with E-state index in [1.165, 1.54) is 17.5 Å². The molecule has 2 aliphatic rings. The second-order valence-electron chi connectivity index (χ2n) is 2.45. The molecule has 0 spiro atoms. The van der Waals surface area contributed by atoms with Crippen LogP contribution in [0.4, 0.5) is 0 Å². The molecule has 0 amide bonds. The summed E-state index contributed by atoms with van der Waals surface area (Å²) >= 11 is 0. The highest BCUT2D eigenvalue weighted by Gasteiger charge is 2.04. The highest BCUT2D eigenvalue weighted by atomic mass is 14.9. The molecule has 2 bridgehead atoms. The van der Waals surface area contributed by atoms with Crippen molar-refractivity contribution in [2.75, 3.05) is 0 Å². The van der Waals surface area contributed by atoms with Crippen molar-refractivity contribution in [2.45, 2.75) is 6.42 Å². The van der Waals surface area contributed by atoms with Gasteiger partial charge in [-0.25, -0.2) is 0 Å². The zero-order valence-corrected chi connectivity index (χ0v) is 6.17. The topological polar surface area (TPSA) is 75.9 Å². The predicted octanol–water partition coefficient (Wildman–Crippen LogP) is 0.429. The molecular weight excluding hydrogens is 138 g/mol. The third-order valence-corrected chi connectivity index (χ3v) is 1.40. The predicted molar refractivity (Wildman–Crippen MR) is 45.3 cm³/mol. The Balaban J connectivity index is 0.000000134. The zero-order chi connectivity index (χ0) is 8.27. The Morgan fingerprint density at radius 3 is 1.73 bits per heavy atom. The van der Waals surface area contributed by atoms with Gasteiger partial charge in [0.15, 0.2) is 5.96 Å². The lowest BCUT2D eigenvalue weighted by Crippen LogP contribution is -2.20. The molecule has 3 rings (SSSR count). The summed E-state index contributed by atoms with van der Waals surface area (Å²) in [5, 5.41) is 6.06. The van der Waals surface area contributed by atoms with Crippen molar-refractivity contribution < 1.29 is 0 Å². The second-order valence-corrected chi connectivity index (χ2v) is 2.45. The quantitative estimate of drug-likeness (QED) is 0.375. The lowest BCUT2D eigenvalue weighted by Gasteiger charge is -2.11. The highest BCUT2D eigenvalue weighted by molar-refractivity contribution is 5.71. The maximum Gasteiger partial charge on any atom is 0.183 e. The van der Waals surface area contributed by atoms with Crippen LogP contribution in [0.1, 0.15) is 11.1 Å². The maximum absolute atomic E-state index is 6.06. The Morgan fingerprint density at radius 2 is 1.64 bits per heavy atom. The van der Waals surface area contributed by atoms with Crippen LogP contribution in [0.3, 0.4) is 0 Å². The number of hydrogen-bond donors (Lipinski definition) is 3. The normalized spacial score (nSPS) is 10.5. The van der Waals surface area contributed by atoms with Gasteiger partial charge in [0, 0.05) is 0 Å². The summed E-state index contributed by atoms with van der Waals surface area (Å²) in [5.74, 6) is -0.333. The molecule has 5 N–H and O–H groups in total. The molecule has 0 radical (unpaired) electrons. The molecule has 0 saturated carbocycles. The van der Waals surface area contributed by atoms with Gasteiger partial charge in [-0.1, -0.05) is 24.3 Å². The van der Waals surface area contributed by atoms with Gasteiger partial charge >= 0.3 is 0 Å². The van der Waals surface area contributed by atoms with Crippen LogP contribution in [0.2, 0.25) is 0 Å². The van der Waals surface area contributed by atoms with Gasteiger partial charge in [0.25, 0.3) is 0 Å². The molecule has 58 valence electrons. The van der Waals surface area contributed by atoms with Crippen LogP contribution in [0.5, 0.6) is 0 Å². The number of fused-ring (bicyclic) bond motifs is 2. The third-order valence-electron chi connectivity index (χ3n) is 1.40. The third kappa shape index (κ3) is 2.29. The zero-order valence-electron chi connectivity index (χ0n) is 6.17. The monoisotopic (exact) mass is 149 g/mol. The molecule has 1 aromatic rings. The standard InChI is InChI=1S/C7H6.CH5N3/c1-2-6-4-7(3-1)5-6;2-1(3)4/h1-4H,5H2;(H5,2,3,4). The summed E-state index contributed by atoms with van der Waals surface area (Å²) in [4.78, 5) is 0. The van der Waals surface area contributed by atoms with Gasteiger partial charge in [-0.15, -0.1) is 0 Å². The molecule has 11 heavy (non-hydrogen) atoms. The minimum atomic E-state index is -0.333. The molecule has 0 unspecified atom stereocenters. The molecule has 3 nitrogen and oxygen atoms in total. The van der Waals surface area contributed by atoms with Gasteiger partial charge in [-0.05, 0) is 17.5 Å². The number of nitrogens with two attached hydrogens (primary N) is 2. The average molecular weight is 149 g/mol. The SMILES string of the molecule is N=C(N)N.c1cc2cc(c1)C2. The molecular formula is C8H11N3. The Hall–Kier alpha value is -1.51. The molecule has 0 aromatic heterocycles. The van der Waals surface area contributed by atoms with Crippen molar-refractivity contribution in [3.8, 4) is 0 Å². The summed E-state index contributed by atoms with van der Waals surface area (Å²) < 4.78 is 0. The fourth-order valence-electron chi connectivity index (χ4n) is 0.954. The van der Waals surface area contributed by atoms with E-state index < -0.39 is 0 Å². The molecule has 2 aliphatic carbocycles. The van der Waals surface area contributed by atoms with Crippen molar-refractivity contribution >= 4 is 5.96 Å². The van der Waals surface area contributed by atoms with E-state index in [4.69, 9.17) is 5.41 Å². The number of hydrogen-bond acceptors (Lipinski definition) is 1. The summed E-state index contributed by atoms with van der Waals surface area (Å²) in [7, 11) is 0. The van der Waals surface area contributed by atoms with E-state index in [9.17, 15) is 0 Å². The lowest BCUT2D eigenvalue weighted by molar-refractivity contribution is 1.09. The van der Waals surface area contributed by atoms with Gasteiger partial charge < -0.3 is 11.5 Å². The number of guanidine groups is 1. The van der Waals surface area contributed by atoms with E-state index in [-0.39, 0.29) is 5.96 Å². The van der Waals surface area contributed by atoms with Gasteiger partial charge in [-0.3, -0.25) is 5.41 Å². The summed E-state index contributed by atoms with van der Waals surface area (Å²) in [6, 6.07) is 8.65.